The second-order valence-electron chi connectivity index (χ2n) is 4.67. The van der Waals surface area contributed by atoms with Crippen LogP contribution in [-0.2, 0) is 4.79 Å². The summed E-state index contributed by atoms with van der Waals surface area (Å²) in [7, 11) is 0. The van der Waals surface area contributed by atoms with Gasteiger partial charge in [0.05, 0.1) is 0 Å². The van der Waals surface area contributed by atoms with E-state index in [0.29, 0.717) is 0 Å². The molecule has 0 saturated heterocycles. The van der Waals surface area contributed by atoms with Gasteiger partial charge in [-0.15, -0.1) is 0 Å². The molecular weight excluding hydrogens is 200 g/mol. The van der Waals surface area contributed by atoms with Gasteiger partial charge in [-0.2, -0.15) is 0 Å². The van der Waals surface area contributed by atoms with Crippen molar-refractivity contribution in [3.63, 3.8) is 0 Å². The van der Waals surface area contributed by atoms with Gasteiger partial charge in [-0.25, -0.2) is 0 Å². The molecular formula is C14H28O2. The quantitative estimate of drug-likeness (QED) is 0.408. The minimum absolute atomic E-state index is 0.234. The molecule has 0 aliphatic carbocycles. The van der Waals surface area contributed by atoms with Crippen LogP contribution in [0.3, 0.4) is 0 Å². The minimum Gasteiger partial charge on any atom is -0.396 e. The zero-order valence-electron chi connectivity index (χ0n) is 10.8. The number of rotatable bonds is 12. The number of aliphatic hydroxyl groups is 1. The molecule has 0 aliphatic rings. The van der Waals surface area contributed by atoms with E-state index in [2.05, 4.69) is 6.92 Å². The summed E-state index contributed by atoms with van der Waals surface area (Å²) in [6.07, 6.45) is 12.7. The van der Waals surface area contributed by atoms with E-state index >= 15 is 0 Å². The molecule has 0 bridgehead atoms. The molecule has 0 radical (unpaired) electrons. The lowest BCUT2D eigenvalue weighted by molar-refractivity contribution is -0.111. The molecule has 1 atom stereocenters. The number of aldehydes is 1. The van der Waals surface area contributed by atoms with Crippen molar-refractivity contribution in [3.05, 3.63) is 0 Å². The van der Waals surface area contributed by atoms with E-state index in [-0.39, 0.29) is 12.5 Å². The Morgan fingerprint density at radius 1 is 0.938 bits per heavy atom. The highest BCUT2D eigenvalue weighted by molar-refractivity contribution is 5.53. The molecule has 0 amide bonds. The van der Waals surface area contributed by atoms with Crippen LogP contribution in [0, 0.1) is 5.92 Å². The van der Waals surface area contributed by atoms with E-state index in [4.69, 9.17) is 5.11 Å². The SMILES string of the molecule is CCCCCCCCC(C=O)CCCCO. The Morgan fingerprint density at radius 2 is 1.50 bits per heavy atom. The van der Waals surface area contributed by atoms with Crippen molar-refractivity contribution >= 4 is 6.29 Å². The molecule has 0 aliphatic heterocycles. The molecule has 0 aromatic carbocycles. The predicted molar refractivity (Wildman–Crippen MR) is 68.5 cm³/mol. The van der Waals surface area contributed by atoms with E-state index in [1.807, 2.05) is 0 Å². The first kappa shape index (κ1) is 15.6. The maximum Gasteiger partial charge on any atom is 0.123 e. The summed E-state index contributed by atoms with van der Waals surface area (Å²) in [5.74, 6) is 0.234. The highest BCUT2D eigenvalue weighted by atomic mass is 16.2. The second-order valence-corrected chi connectivity index (χ2v) is 4.67. The molecule has 2 nitrogen and oxygen atoms in total. The summed E-state index contributed by atoms with van der Waals surface area (Å²) in [6, 6.07) is 0. The van der Waals surface area contributed by atoms with Crippen LogP contribution in [-0.4, -0.2) is 18.0 Å². The molecule has 0 fully saturated rings. The number of hydrogen-bond acceptors (Lipinski definition) is 2. The van der Waals surface area contributed by atoms with Crippen molar-refractivity contribution in [3.8, 4) is 0 Å². The van der Waals surface area contributed by atoms with E-state index in [1.54, 1.807) is 0 Å². The molecule has 96 valence electrons. The van der Waals surface area contributed by atoms with Crippen LogP contribution < -0.4 is 0 Å². The van der Waals surface area contributed by atoms with Crippen molar-refractivity contribution in [2.45, 2.75) is 71.1 Å². The van der Waals surface area contributed by atoms with Gasteiger partial charge in [0.1, 0.15) is 6.29 Å². The first-order chi connectivity index (χ1) is 7.85. The summed E-state index contributed by atoms with van der Waals surface area (Å²) < 4.78 is 0. The molecule has 0 rings (SSSR count). The smallest absolute Gasteiger partial charge is 0.123 e. The lowest BCUT2D eigenvalue weighted by Crippen LogP contribution is -2.02. The summed E-state index contributed by atoms with van der Waals surface area (Å²) in [5, 5.41) is 8.66. The Hall–Kier alpha value is -0.370. The second kappa shape index (κ2) is 12.7. The Labute approximate surface area is 100 Å². The topological polar surface area (TPSA) is 37.3 Å². The fourth-order valence-corrected chi connectivity index (χ4v) is 1.99. The first-order valence-corrected chi connectivity index (χ1v) is 6.91. The fraction of sp³-hybridized carbons (Fsp3) is 0.929. The van der Waals surface area contributed by atoms with Crippen LogP contribution >= 0.6 is 0 Å². The highest BCUT2D eigenvalue weighted by Crippen LogP contribution is 2.15. The average molecular weight is 228 g/mol. The summed E-state index contributed by atoms with van der Waals surface area (Å²) in [6.45, 7) is 2.48. The molecule has 1 unspecified atom stereocenters. The minimum atomic E-state index is 0.234. The van der Waals surface area contributed by atoms with E-state index < -0.39 is 0 Å². The largest absolute Gasteiger partial charge is 0.396 e. The Kier molecular flexibility index (Phi) is 12.4. The predicted octanol–water partition coefficient (Wildman–Crippen LogP) is 3.71. The van der Waals surface area contributed by atoms with Gasteiger partial charge in [0.25, 0.3) is 0 Å². The maximum atomic E-state index is 10.8. The Bertz CT molecular complexity index is 146. The lowest BCUT2D eigenvalue weighted by atomic mass is 9.96. The van der Waals surface area contributed by atoms with Crippen LogP contribution in [0.25, 0.3) is 0 Å². The van der Waals surface area contributed by atoms with E-state index in [9.17, 15) is 4.79 Å². The Morgan fingerprint density at radius 3 is 2.06 bits per heavy atom. The summed E-state index contributed by atoms with van der Waals surface area (Å²) in [5.41, 5.74) is 0. The van der Waals surface area contributed by atoms with Crippen LogP contribution in [0.4, 0.5) is 0 Å². The van der Waals surface area contributed by atoms with Crippen molar-refractivity contribution < 1.29 is 9.90 Å². The van der Waals surface area contributed by atoms with Crippen LogP contribution in [0.5, 0.6) is 0 Å². The zero-order valence-corrected chi connectivity index (χ0v) is 10.8. The van der Waals surface area contributed by atoms with Gasteiger partial charge in [0.15, 0.2) is 0 Å². The van der Waals surface area contributed by atoms with E-state index in [1.165, 1.54) is 38.5 Å². The fourth-order valence-electron chi connectivity index (χ4n) is 1.99. The van der Waals surface area contributed by atoms with Crippen LogP contribution in [0.15, 0.2) is 0 Å². The van der Waals surface area contributed by atoms with E-state index in [0.717, 1.165) is 32.0 Å². The third-order valence-electron chi connectivity index (χ3n) is 3.10. The van der Waals surface area contributed by atoms with Crippen molar-refractivity contribution in [2.75, 3.05) is 6.61 Å². The monoisotopic (exact) mass is 228 g/mol. The van der Waals surface area contributed by atoms with Gasteiger partial charge in [-0.05, 0) is 19.3 Å². The molecule has 2 heteroatoms. The number of carbonyl (C=O) groups is 1. The van der Waals surface area contributed by atoms with Gasteiger partial charge < -0.3 is 9.90 Å². The van der Waals surface area contributed by atoms with Gasteiger partial charge in [-0.3, -0.25) is 0 Å². The van der Waals surface area contributed by atoms with Gasteiger partial charge >= 0.3 is 0 Å². The standard InChI is InChI=1S/C14H28O2/c1-2-3-4-5-6-7-10-14(13-16)11-8-9-12-15/h13-15H,2-12H2,1H3. The number of unbranched alkanes of at least 4 members (excludes halogenated alkanes) is 6. The summed E-state index contributed by atoms with van der Waals surface area (Å²) >= 11 is 0. The van der Waals surface area contributed by atoms with Crippen LogP contribution in [0.1, 0.15) is 71.1 Å². The maximum absolute atomic E-state index is 10.8. The molecule has 0 saturated carbocycles. The van der Waals surface area contributed by atoms with Gasteiger partial charge in [0.2, 0.25) is 0 Å². The van der Waals surface area contributed by atoms with Gasteiger partial charge in [0, 0.05) is 12.5 Å². The number of carbonyl (C=O) groups excluding carboxylic acids is 1. The molecule has 0 spiro atoms. The van der Waals surface area contributed by atoms with Crippen molar-refractivity contribution in [1.29, 1.82) is 0 Å². The van der Waals surface area contributed by atoms with Gasteiger partial charge in [-0.1, -0.05) is 51.9 Å². The lowest BCUT2D eigenvalue weighted by Gasteiger charge is -2.09. The number of hydrogen-bond donors (Lipinski definition) is 1. The van der Waals surface area contributed by atoms with Crippen molar-refractivity contribution in [1.82, 2.24) is 0 Å². The number of aliphatic hydroxyl groups excluding tert-OH is 1. The Balaban J connectivity index is 3.30. The first-order valence-electron chi connectivity index (χ1n) is 6.91. The molecule has 0 aromatic heterocycles. The normalized spacial score (nSPS) is 12.6. The molecule has 0 heterocycles. The zero-order chi connectivity index (χ0) is 12.1. The average Bonchev–Trinajstić information content (AvgIpc) is 2.31. The molecule has 1 N–H and O–H groups in total. The summed E-state index contributed by atoms with van der Waals surface area (Å²) in [4.78, 5) is 10.8. The molecule has 16 heavy (non-hydrogen) atoms. The van der Waals surface area contributed by atoms with Crippen molar-refractivity contribution in [2.24, 2.45) is 5.92 Å². The third kappa shape index (κ3) is 10.2. The molecule has 0 aromatic rings. The van der Waals surface area contributed by atoms with Crippen LogP contribution in [0.2, 0.25) is 0 Å². The highest BCUT2D eigenvalue weighted by Gasteiger charge is 2.06. The third-order valence-corrected chi connectivity index (χ3v) is 3.10.